The van der Waals surface area contributed by atoms with E-state index in [1.54, 1.807) is 16.6 Å². The summed E-state index contributed by atoms with van der Waals surface area (Å²) in [5.74, 6) is 0.0411. The quantitative estimate of drug-likeness (QED) is 0.651. The zero-order valence-electron chi connectivity index (χ0n) is 12.8. The van der Waals surface area contributed by atoms with Gasteiger partial charge in [0.05, 0.1) is 13.0 Å². The zero-order chi connectivity index (χ0) is 16.4. The molecule has 120 valence electrons. The number of hydroxylamine groups is 1. The fourth-order valence-electron chi connectivity index (χ4n) is 2.71. The lowest BCUT2D eigenvalue weighted by molar-refractivity contribution is -0.132. The molecule has 1 aromatic carbocycles. The molecule has 1 aliphatic rings. The molecule has 0 unspecified atom stereocenters. The van der Waals surface area contributed by atoms with E-state index in [1.807, 2.05) is 35.8 Å². The largest absolute Gasteiger partial charge is 0.333 e. The Morgan fingerprint density at radius 3 is 2.83 bits per heavy atom. The maximum absolute atomic E-state index is 12.5. The van der Waals surface area contributed by atoms with Gasteiger partial charge in [-0.05, 0) is 18.1 Å². The molecule has 2 heterocycles. The number of carbonyl (C=O) groups is 2. The van der Waals surface area contributed by atoms with Crippen LogP contribution in [0.4, 0.5) is 0 Å². The Morgan fingerprint density at radius 2 is 2.09 bits per heavy atom. The predicted molar refractivity (Wildman–Crippen MR) is 81.8 cm³/mol. The van der Waals surface area contributed by atoms with Gasteiger partial charge in [-0.3, -0.25) is 14.8 Å². The molecule has 23 heavy (non-hydrogen) atoms. The number of carbonyl (C=O) groups excluding carboxylic acids is 2. The maximum Gasteiger partial charge on any atom is 0.294 e. The van der Waals surface area contributed by atoms with Crippen molar-refractivity contribution in [2.75, 3.05) is 6.54 Å². The summed E-state index contributed by atoms with van der Waals surface area (Å²) < 4.78 is 1.84. The van der Waals surface area contributed by atoms with Gasteiger partial charge in [-0.15, -0.1) is 0 Å². The molecule has 0 atom stereocenters. The summed E-state index contributed by atoms with van der Waals surface area (Å²) in [6.07, 6.45) is 1.95. The highest BCUT2D eigenvalue weighted by molar-refractivity contribution is 5.91. The van der Waals surface area contributed by atoms with Crippen LogP contribution in [0, 0.1) is 6.92 Å². The summed E-state index contributed by atoms with van der Waals surface area (Å²) >= 11 is 0. The van der Waals surface area contributed by atoms with Crippen LogP contribution in [0.1, 0.15) is 27.4 Å². The predicted octanol–water partition coefficient (Wildman–Crippen LogP) is 0.895. The van der Waals surface area contributed by atoms with Crippen LogP contribution in [0.3, 0.4) is 0 Å². The van der Waals surface area contributed by atoms with E-state index in [0.717, 1.165) is 11.1 Å². The Hall–Kier alpha value is -2.67. The van der Waals surface area contributed by atoms with Crippen LogP contribution in [-0.4, -0.2) is 38.0 Å². The Morgan fingerprint density at radius 1 is 1.30 bits per heavy atom. The van der Waals surface area contributed by atoms with Crippen molar-refractivity contribution in [2.45, 2.75) is 26.4 Å². The van der Waals surface area contributed by atoms with Gasteiger partial charge in [0, 0.05) is 19.3 Å². The smallest absolute Gasteiger partial charge is 0.294 e. The van der Waals surface area contributed by atoms with Crippen LogP contribution in [0.5, 0.6) is 0 Å². The molecule has 1 aliphatic heterocycles. The molecule has 0 bridgehead atoms. The minimum absolute atomic E-state index is 0.0432. The number of rotatable bonds is 3. The topological polar surface area (TPSA) is 87.5 Å². The summed E-state index contributed by atoms with van der Waals surface area (Å²) in [5.41, 5.74) is 3.84. The molecular weight excluding hydrogens is 296 g/mol. The highest BCUT2D eigenvalue weighted by Gasteiger charge is 2.24. The number of aromatic nitrogens is 2. The Kier molecular flexibility index (Phi) is 4.12. The first-order chi connectivity index (χ1) is 11.1. The lowest BCUT2D eigenvalue weighted by atomic mass is 10.1. The SMILES string of the molecule is Cc1ccccc1CC(=O)N1CCn2cc(C(=O)NO)nc2C1. The van der Waals surface area contributed by atoms with Crippen molar-refractivity contribution in [1.29, 1.82) is 0 Å². The molecular formula is C16H18N4O3. The van der Waals surface area contributed by atoms with E-state index in [1.165, 1.54) is 0 Å². The zero-order valence-corrected chi connectivity index (χ0v) is 12.8. The molecule has 0 radical (unpaired) electrons. The average molecular weight is 314 g/mol. The van der Waals surface area contributed by atoms with Crippen molar-refractivity contribution < 1.29 is 14.8 Å². The summed E-state index contributed by atoms with van der Waals surface area (Å²) in [6, 6.07) is 7.83. The molecule has 3 rings (SSSR count). The number of hydrogen-bond acceptors (Lipinski definition) is 4. The summed E-state index contributed by atoms with van der Waals surface area (Å²) in [7, 11) is 0. The fourth-order valence-corrected chi connectivity index (χ4v) is 2.71. The molecule has 1 aromatic heterocycles. The van der Waals surface area contributed by atoms with Crippen molar-refractivity contribution in [3.63, 3.8) is 0 Å². The number of fused-ring (bicyclic) bond motifs is 1. The van der Waals surface area contributed by atoms with Gasteiger partial charge in [-0.2, -0.15) is 0 Å². The number of hydrogen-bond donors (Lipinski definition) is 2. The lowest BCUT2D eigenvalue weighted by Crippen LogP contribution is -2.39. The average Bonchev–Trinajstić information content (AvgIpc) is 2.99. The first kappa shape index (κ1) is 15.2. The third-order valence-corrected chi connectivity index (χ3v) is 4.09. The standard InChI is InChI=1S/C16H18N4O3/c1-11-4-2-3-5-12(11)8-15(21)20-7-6-19-9-13(16(22)18-23)17-14(19)10-20/h2-5,9,23H,6-8,10H2,1H3,(H,18,22). The van der Waals surface area contributed by atoms with Crippen LogP contribution >= 0.6 is 0 Å². The Bertz CT molecular complexity index is 754. The van der Waals surface area contributed by atoms with E-state index in [9.17, 15) is 9.59 Å². The molecule has 0 saturated heterocycles. The number of imidazole rings is 1. The molecule has 7 nitrogen and oxygen atoms in total. The molecule has 2 N–H and O–H groups in total. The second-order valence-corrected chi connectivity index (χ2v) is 5.60. The van der Waals surface area contributed by atoms with Crippen LogP contribution < -0.4 is 5.48 Å². The van der Waals surface area contributed by atoms with E-state index in [2.05, 4.69) is 4.98 Å². The van der Waals surface area contributed by atoms with Gasteiger partial charge in [-0.25, -0.2) is 10.5 Å². The molecule has 0 spiro atoms. The van der Waals surface area contributed by atoms with Crippen molar-refractivity contribution in [1.82, 2.24) is 19.9 Å². The van der Waals surface area contributed by atoms with E-state index < -0.39 is 5.91 Å². The first-order valence-electron chi connectivity index (χ1n) is 7.41. The number of benzene rings is 1. The normalized spacial score (nSPS) is 13.6. The minimum atomic E-state index is -0.648. The van der Waals surface area contributed by atoms with Crippen molar-refractivity contribution in [3.05, 3.63) is 53.1 Å². The number of nitrogens with one attached hydrogen (secondary N) is 1. The van der Waals surface area contributed by atoms with Gasteiger partial charge in [0.15, 0.2) is 0 Å². The molecule has 2 amide bonds. The third-order valence-electron chi connectivity index (χ3n) is 4.09. The van der Waals surface area contributed by atoms with Gasteiger partial charge < -0.3 is 9.47 Å². The number of amides is 2. The lowest BCUT2D eigenvalue weighted by Gasteiger charge is -2.27. The van der Waals surface area contributed by atoms with Crippen LogP contribution in [0.15, 0.2) is 30.5 Å². The highest BCUT2D eigenvalue weighted by Crippen LogP contribution is 2.15. The summed E-state index contributed by atoms with van der Waals surface area (Å²) in [5, 5.41) is 8.67. The van der Waals surface area contributed by atoms with Crippen molar-refractivity contribution in [3.8, 4) is 0 Å². The van der Waals surface area contributed by atoms with Crippen LogP contribution in [0.2, 0.25) is 0 Å². The molecule has 2 aromatic rings. The van der Waals surface area contributed by atoms with Gasteiger partial charge in [0.2, 0.25) is 5.91 Å². The van der Waals surface area contributed by atoms with E-state index >= 15 is 0 Å². The van der Waals surface area contributed by atoms with Crippen LogP contribution in [-0.2, 0) is 24.3 Å². The van der Waals surface area contributed by atoms with Gasteiger partial charge in [0.25, 0.3) is 5.91 Å². The molecule has 0 aliphatic carbocycles. The Balaban J connectivity index is 1.71. The molecule has 0 saturated carbocycles. The van der Waals surface area contributed by atoms with Crippen molar-refractivity contribution >= 4 is 11.8 Å². The van der Waals surface area contributed by atoms with E-state index in [-0.39, 0.29) is 11.6 Å². The summed E-state index contributed by atoms with van der Waals surface area (Å²) in [4.78, 5) is 29.8. The second kappa shape index (κ2) is 6.21. The van der Waals surface area contributed by atoms with Crippen LogP contribution in [0.25, 0.3) is 0 Å². The second-order valence-electron chi connectivity index (χ2n) is 5.60. The Labute approximate surface area is 133 Å². The van der Waals surface area contributed by atoms with Gasteiger partial charge >= 0.3 is 0 Å². The molecule has 7 heteroatoms. The fraction of sp³-hybridized carbons (Fsp3) is 0.312. The number of nitrogens with zero attached hydrogens (tertiary/aromatic N) is 3. The van der Waals surface area contributed by atoms with Crippen molar-refractivity contribution in [2.24, 2.45) is 0 Å². The van der Waals surface area contributed by atoms with E-state index in [4.69, 9.17) is 5.21 Å². The minimum Gasteiger partial charge on any atom is -0.333 e. The monoisotopic (exact) mass is 314 g/mol. The van der Waals surface area contributed by atoms with E-state index in [0.29, 0.717) is 31.9 Å². The summed E-state index contributed by atoms with van der Waals surface area (Å²) in [6.45, 7) is 3.52. The highest BCUT2D eigenvalue weighted by atomic mass is 16.5. The van der Waals surface area contributed by atoms with Gasteiger partial charge in [-0.1, -0.05) is 24.3 Å². The third kappa shape index (κ3) is 3.09. The first-order valence-corrected chi connectivity index (χ1v) is 7.41. The van der Waals surface area contributed by atoms with Gasteiger partial charge in [0.1, 0.15) is 11.5 Å². The number of aryl methyl sites for hydroxylation is 1. The molecule has 0 fully saturated rings. The maximum atomic E-state index is 12.5.